The SMILES string of the molecule is CC/C=C\C/C=C\C/C=C\C/C=C\CCCCCCCCC(=O)OCC(COP(=O)(O)OCC(O)COP(=O)(O)OCC(O)COC(=O)CCCCCCCCCCCCCCCCCCC/C=C\C/C=C\C/C=C\C/C=C\CCCCC)OC(=O)CCCCCCCCCCCCCCC. The van der Waals surface area contributed by atoms with Gasteiger partial charge in [-0.25, -0.2) is 9.13 Å². The average Bonchev–Trinajstić information content (AvgIpc) is 0.964. The molecule has 0 fully saturated rings. The molecule has 0 radical (unpaired) electrons. The molecule has 4 N–H and O–H groups in total. The van der Waals surface area contributed by atoms with Crippen LogP contribution in [0, 0.1) is 0 Å². The van der Waals surface area contributed by atoms with E-state index in [0.717, 1.165) is 128 Å². The number of hydrogen-bond donors (Lipinski definition) is 4. The molecule has 0 aliphatic heterocycles. The molecule has 5 unspecified atom stereocenters. The maximum atomic E-state index is 12.9. The van der Waals surface area contributed by atoms with Crippen LogP contribution in [0.25, 0.3) is 0 Å². The Kier molecular flexibility index (Phi) is 73.5. The topological polar surface area (TPSA) is 231 Å². The first-order chi connectivity index (χ1) is 49.2. The highest BCUT2D eigenvalue weighted by Crippen LogP contribution is 2.45. The number of ether oxygens (including phenoxy) is 3. The van der Waals surface area contributed by atoms with E-state index in [4.69, 9.17) is 32.3 Å². The number of aliphatic hydroxyl groups is 2. The molecule has 101 heavy (non-hydrogen) atoms. The molecule has 0 aromatic rings. The van der Waals surface area contributed by atoms with Crippen LogP contribution in [0.15, 0.2) is 97.2 Å². The van der Waals surface area contributed by atoms with Crippen molar-refractivity contribution in [3.8, 4) is 0 Å². The van der Waals surface area contributed by atoms with Gasteiger partial charge in [-0.1, -0.05) is 330 Å². The van der Waals surface area contributed by atoms with Gasteiger partial charge in [0.1, 0.15) is 25.4 Å². The molecule has 5 atom stereocenters. The lowest BCUT2D eigenvalue weighted by atomic mass is 10.0. The average molecular weight is 1460 g/mol. The van der Waals surface area contributed by atoms with Crippen molar-refractivity contribution >= 4 is 33.6 Å². The number of phosphoric acid groups is 2. The van der Waals surface area contributed by atoms with Gasteiger partial charge in [0.15, 0.2) is 6.10 Å². The predicted octanol–water partition coefficient (Wildman–Crippen LogP) is 23.8. The van der Waals surface area contributed by atoms with Gasteiger partial charge in [0.05, 0.1) is 26.4 Å². The van der Waals surface area contributed by atoms with E-state index in [1.807, 2.05) is 0 Å². The molecule has 0 aliphatic carbocycles. The Morgan fingerprint density at radius 3 is 0.851 bits per heavy atom. The quantitative estimate of drug-likeness (QED) is 0.0146. The molecule has 0 heterocycles. The van der Waals surface area contributed by atoms with E-state index in [1.165, 1.54) is 167 Å². The van der Waals surface area contributed by atoms with Crippen molar-refractivity contribution in [2.75, 3.05) is 39.6 Å². The van der Waals surface area contributed by atoms with Crippen molar-refractivity contribution in [2.24, 2.45) is 0 Å². The van der Waals surface area contributed by atoms with Crippen LogP contribution in [-0.4, -0.2) is 95.9 Å². The number of esters is 3. The summed E-state index contributed by atoms with van der Waals surface area (Å²) in [6.07, 6.45) is 87.6. The Morgan fingerprint density at radius 1 is 0.287 bits per heavy atom. The first-order valence-electron chi connectivity index (χ1n) is 40.5. The summed E-state index contributed by atoms with van der Waals surface area (Å²) in [6.45, 7) is 2.56. The maximum absolute atomic E-state index is 12.9. The van der Waals surface area contributed by atoms with E-state index in [-0.39, 0.29) is 19.3 Å². The lowest BCUT2D eigenvalue weighted by Crippen LogP contribution is -2.30. The molecule has 586 valence electrons. The summed E-state index contributed by atoms with van der Waals surface area (Å²) < 4.78 is 61.1. The molecule has 0 aromatic heterocycles. The van der Waals surface area contributed by atoms with Crippen molar-refractivity contribution in [1.82, 2.24) is 0 Å². The van der Waals surface area contributed by atoms with Crippen LogP contribution >= 0.6 is 15.6 Å². The van der Waals surface area contributed by atoms with Crippen molar-refractivity contribution < 1.29 is 75.8 Å². The van der Waals surface area contributed by atoms with Crippen LogP contribution in [0.3, 0.4) is 0 Å². The van der Waals surface area contributed by atoms with Crippen LogP contribution in [0.4, 0.5) is 0 Å². The second-order valence-electron chi connectivity index (χ2n) is 27.2. The minimum atomic E-state index is -4.93. The number of carbonyl (C=O) groups excluding carboxylic acids is 3. The number of carbonyl (C=O) groups is 3. The van der Waals surface area contributed by atoms with Gasteiger partial charge in [-0.2, -0.15) is 0 Å². The zero-order chi connectivity index (χ0) is 73.7. The molecule has 18 heteroatoms. The maximum Gasteiger partial charge on any atom is 0.472 e. The first-order valence-corrected chi connectivity index (χ1v) is 43.5. The molecular formula is C83H148O16P2. The first kappa shape index (κ1) is 97.5. The van der Waals surface area contributed by atoms with Gasteiger partial charge in [-0.15, -0.1) is 0 Å². The highest BCUT2D eigenvalue weighted by atomic mass is 31.2. The fourth-order valence-electron chi connectivity index (χ4n) is 11.1. The van der Waals surface area contributed by atoms with E-state index in [1.54, 1.807) is 0 Å². The van der Waals surface area contributed by atoms with Crippen molar-refractivity contribution in [2.45, 2.75) is 373 Å². The molecule has 0 rings (SSSR count). The summed E-state index contributed by atoms with van der Waals surface area (Å²) in [7, 11) is -9.78. The van der Waals surface area contributed by atoms with Gasteiger partial charge < -0.3 is 34.2 Å². The van der Waals surface area contributed by atoms with Crippen molar-refractivity contribution in [3.05, 3.63) is 97.2 Å². The number of phosphoric ester groups is 2. The standard InChI is InChI=1S/C83H148O16P2/c1-4-7-10-13-16-19-22-25-27-29-31-32-33-34-35-36-37-38-39-40-41-42-43-44-46-48-49-52-54-57-60-63-66-69-81(86)93-72-78(84)73-95-100(89,90)96-74-79(85)75-97-101(91,92)98-77-80(99-83(88)71-68-65-62-59-56-51-24-21-18-15-12-9-6-3)76-94-82(87)70-67-64-61-58-55-53-50-47-45-30-28-26-23-20-17-14-11-8-5-2/h8,11,16-17,19-20,25-28,31-32,34-35,45,47,78-80,84-85H,4-7,9-10,12-15,18,21-24,29-30,33,36-44,46,48-77H2,1-3H3,(H,89,90)(H,91,92)/b11-8-,19-16-,20-17-,27-25-,28-26-,32-31-,35-34-,47-45-. The molecule has 0 aliphatic rings. The zero-order valence-corrected chi connectivity index (χ0v) is 65.9. The molecule has 0 amide bonds. The largest absolute Gasteiger partial charge is 0.472 e. The smallest absolute Gasteiger partial charge is 0.463 e. The van der Waals surface area contributed by atoms with Crippen LogP contribution in [0.2, 0.25) is 0 Å². The van der Waals surface area contributed by atoms with Gasteiger partial charge in [0.2, 0.25) is 0 Å². The van der Waals surface area contributed by atoms with Gasteiger partial charge >= 0.3 is 33.6 Å². The minimum Gasteiger partial charge on any atom is -0.463 e. The molecule has 0 saturated heterocycles. The number of aliphatic hydroxyl groups excluding tert-OH is 2. The highest BCUT2D eigenvalue weighted by Gasteiger charge is 2.29. The summed E-state index contributed by atoms with van der Waals surface area (Å²) >= 11 is 0. The van der Waals surface area contributed by atoms with E-state index < -0.39 is 91.5 Å². The van der Waals surface area contributed by atoms with Crippen LogP contribution < -0.4 is 0 Å². The van der Waals surface area contributed by atoms with E-state index >= 15 is 0 Å². The second-order valence-corrected chi connectivity index (χ2v) is 30.1. The second kappa shape index (κ2) is 76.1. The molecular weight excluding hydrogens is 1310 g/mol. The highest BCUT2D eigenvalue weighted by molar-refractivity contribution is 7.47. The third kappa shape index (κ3) is 77.4. The normalized spacial score (nSPS) is 14.5. The van der Waals surface area contributed by atoms with Crippen LogP contribution in [0.5, 0.6) is 0 Å². The lowest BCUT2D eigenvalue weighted by Gasteiger charge is -2.21. The van der Waals surface area contributed by atoms with E-state index in [2.05, 4.69) is 118 Å². The molecule has 16 nitrogen and oxygen atoms in total. The van der Waals surface area contributed by atoms with Crippen molar-refractivity contribution in [3.63, 3.8) is 0 Å². The Morgan fingerprint density at radius 2 is 0.525 bits per heavy atom. The monoisotopic (exact) mass is 1460 g/mol. The van der Waals surface area contributed by atoms with Crippen LogP contribution in [-0.2, 0) is 55.8 Å². The Labute approximate surface area is 616 Å². The lowest BCUT2D eigenvalue weighted by molar-refractivity contribution is -0.161. The van der Waals surface area contributed by atoms with E-state index in [9.17, 15) is 43.5 Å². The minimum absolute atomic E-state index is 0.105. The number of hydrogen-bond acceptors (Lipinski definition) is 14. The summed E-state index contributed by atoms with van der Waals surface area (Å²) in [5, 5.41) is 20.6. The summed E-state index contributed by atoms with van der Waals surface area (Å²) in [5.41, 5.74) is 0. The summed E-state index contributed by atoms with van der Waals surface area (Å²) in [5.74, 6) is -1.57. The molecule has 0 aromatic carbocycles. The van der Waals surface area contributed by atoms with Crippen molar-refractivity contribution in [1.29, 1.82) is 0 Å². The Hall–Kier alpha value is -3.53. The van der Waals surface area contributed by atoms with Gasteiger partial charge in [-0.3, -0.25) is 32.5 Å². The van der Waals surface area contributed by atoms with Gasteiger partial charge in [-0.05, 0) is 103 Å². The Bertz CT molecular complexity index is 2220. The zero-order valence-electron chi connectivity index (χ0n) is 64.1. The fraction of sp³-hybridized carbons (Fsp3) is 0.771. The van der Waals surface area contributed by atoms with Crippen LogP contribution in [0.1, 0.15) is 355 Å². The number of rotatable bonds is 77. The number of allylic oxidation sites excluding steroid dienone is 16. The molecule has 0 saturated carbocycles. The third-order valence-electron chi connectivity index (χ3n) is 17.3. The Balaban J connectivity index is 4.39. The van der Waals surface area contributed by atoms with Gasteiger partial charge in [0.25, 0.3) is 0 Å². The summed E-state index contributed by atoms with van der Waals surface area (Å²) in [4.78, 5) is 58.6. The van der Waals surface area contributed by atoms with Gasteiger partial charge in [0, 0.05) is 19.3 Å². The molecule has 0 spiro atoms. The predicted molar refractivity (Wildman–Crippen MR) is 417 cm³/mol. The third-order valence-corrected chi connectivity index (χ3v) is 19.2. The van der Waals surface area contributed by atoms with E-state index in [0.29, 0.717) is 19.3 Å². The summed E-state index contributed by atoms with van der Waals surface area (Å²) in [6, 6.07) is 0. The fourth-order valence-corrected chi connectivity index (χ4v) is 12.7. The molecule has 0 bridgehead atoms. The number of unbranched alkanes of at least 4 members (excludes halogenated alkanes) is 38.